The molecule has 0 radical (unpaired) electrons. The molecule has 3 heteroatoms. The monoisotopic (exact) mass is 292 g/mol. The Kier molecular flexibility index (Phi) is 3.67. The van der Waals surface area contributed by atoms with E-state index < -0.39 is 0 Å². The first kappa shape index (κ1) is 12.4. The van der Waals surface area contributed by atoms with Crippen LogP contribution < -0.4 is 0 Å². The molecule has 1 aromatic carbocycles. The Balaban J connectivity index is 2.45. The summed E-state index contributed by atoms with van der Waals surface area (Å²) in [4.78, 5) is 0. The zero-order valence-corrected chi connectivity index (χ0v) is 12.1. The van der Waals surface area contributed by atoms with Crippen molar-refractivity contribution in [3.63, 3.8) is 0 Å². The minimum Gasteiger partial charge on any atom is -0.238 e. The van der Waals surface area contributed by atoms with Gasteiger partial charge in [0.15, 0.2) is 0 Å². The van der Waals surface area contributed by atoms with Crippen molar-refractivity contribution in [2.45, 2.75) is 32.5 Å². The molecule has 0 N–H and O–H groups in total. The van der Waals surface area contributed by atoms with Gasteiger partial charge in [0.05, 0.1) is 11.4 Å². The number of rotatable bonds is 3. The van der Waals surface area contributed by atoms with E-state index in [-0.39, 0.29) is 0 Å². The van der Waals surface area contributed by atoms with Crippen LogP contribution in [0.5, 0.6) is 0 Å². The fourth-order valence-corrected chi connectivity index (χ4v) is 2.54. The summed E-state index contributed by atoms with van der Waals surface area (Å²) in [7, 11) is 0. The smallest absolute Gasteiger partial charge is 0.0649 e. The van der Waals surface area contributed by atoms with Gasteiger partial charge >= 0.3 is 0 Å². The van der Waals surface area contributed by atoms with E-state index in [1.807, 2.05) is 4.68 Å². The highest BCUT2D eigenvalue weighted by molar-refractivity contribution is 9.08. The Morgan fingerprint density at radius 3 is 2.29 bits per heavy atom. The van der Waals surface area contributed by atoms with Gasteiger partial charge in [-0.2, -0.15) is 5.10 Å². The number of benzene rings is 1. The number of aryl methyl sites for hydroxylation is 1. The number of nitrogens with zero attached hydrogens (tertiary/aromatic N) is 2. The van der Waals surface area contributed by atoms with Crippen LogP contribution in [0.4, 0.5) is 0 Å². The quantitative estimate of drug-likeness (QED) is 0.784. The summed E-state index contributed by atoms with van der Waals surface area (Å²) in [5, 5.41) is 5.51. The summed E-state index contributed by atoms with van der Waals surface area (Å²) in [5.41, 5.74) is 6.15. The summed E-state index contributed by atoms with van der Waals surface area (Å²) in [5.74, 6) is 0. The molecule has 2 rings (SSSR count). The van der Waals surface area contributed by atoms with Gasteiger partial charge in [-0.3, -0.25) is 0 Å². The average molecular weight is 293 g/mol. The fraction of sp³-hybridized carbons (Fsp3) is 0.357. The largest absolute Gasteiger partial charge is 0.238 e. The SMILES string of the molecule is CCc1c(C)nn(-c2ccc(CBr)cc2)c1C. The number of alkyl halides is 1. The lowest BCUT2D eigenvalue weighted by molar-refractivity contribution is 0.832. The van der Waals surface area contributed by atoms with Crippen molar-refractivity contribution in [1.82, 2.24) is 9.78 Å². The summed E-state index contributed by atoms with van der Waals surface area (Å²) in [6.45, 7) is 6.39. The van der Waals surface area contributed by atoms with Crippen LogP contribution in [0.15, 0.2) is 24.3 Å². The van der Waals surface area contributed by atoms with E-state index >= 15 is 0 Å². The van der Waals surface area contributed by atoms with Gasteiger partial charge in [0, 0.05) is 11.0 Å². The van der Waals surface area contributed by atoms with E-state index in [0.717, 1.165) is 23.1 Å². The highest BCUT2D eigenvalue weighted by atomic mass is 79.9. The highest BCUT2D eigenvalue weighted by Gasteiger charge is 2.10. The molecule has 0 atom stereocenters. The van der Waals surface area contributed by atoms with Gasteiger partial charge in [0.25, 0.3) is 0 Å². The van der Waals surface area contributed by atoms with Crippen LogP contribution in [0.2, 0.25) is 0 Å². The Morgan fingerprint density at radius 1 is 1.18 bits per heavy atom. The molecule has 2 aromatic rings. The third-order valence-electron chi connectivity index (χ3n) is 3.13. The second-order valence-corrected chi connectivity index (χ2v) is 4.78. The Morgan fingerprint density at radius 2 is 1.82 bits per heavy atom. The molecule has 0 spiro atoms. The molecule has 0 bridgehead atoms. The van der Waals surface area contributed by atoms with Crippen LogP contribution in [-0.2, 0) is 11.8 Å². The van der Waals surface area contributed by atoms with Gasteiger partial charge in [0.1, 0.15) is 0 Å². The predicted octanol–water partition coefficient (Wildman–Crippen LogP) is 3.95. The maximum absolute atomic E-state index is 4.61. The topological polar surface area (TPSA) is 17.8 Å². The van der Waals surface area contributed by atoms with Crippen molar-refractivity contribution >= 4 is 15.9 Å². The molecule has 1 heterocycles. The number of hydrogen-bond acceptors (Lipinski definition) is 1. The first-order valence-corrected chi connectivity index (χ1v) is 7.00. The van der Waals surface area contributed by atoms with Crippen molar-refractivity contribution < 1.29 is 0 Å². The van der Waals surface area contributed by atoms with Gasteiger partial charge in [-0.15, -0.1) is 0 Å². The van der Waals surface area contributed by atoms with E-state index in [4.69, 9.17) is 0 Å². The molecule has 90 valence electrons. The lowest BCUT2D eigenvalue weighted by Gasteiger charge is -2.05. The zero-order valence-electron chi connectivity index (χ0n) is 10.5. The van der Waals surface area contributed by atoms with E-state index in [1.54, 1.807) is 0 Å². The van der Waals surface area contributed by atoms with Crippen molar-refractivity contribution in [2.24, 2.45) is 0 Å². The maximum Gasteiger partial charge on any atom is 0.0649 e. The van der Waals surface area contributed by atoms with Gasteiger partial charge < -0.3 is 0 Å². The first-order chi connectivity index (χ1) is 8.17. The highest BCUT2D eigenvalue weighted by Crippen LogP contribution is 2.19. The Bertz CT molecular complexity index is 512. The Hall–Kier alpha value is -1.09. The van der Waals surface area contributed by atoms with Crippen LogP contribution in [-0.4, -0.2) is 9.78 Å². The van der Waals surface area contributed by atoms with Gasteiger partial charge in [-0.25, -0.2) is 4.68 Å². The van der Waals surface area contributed by atoms with E-state index in [2.05, 4.69) is 66.1 Å². The minimum absolute atomic E-state index is 0.893. The average Bonchev–Trinajstić information content (AvgIpc) is 2.64. The second-order valence-electron chi connectivity index (χ2n) is 4.21. The molecular weight excluding hydrogens is 276 g/mol. The first-order valence-electron chi connectivity index (χ1n) is 5.87. The van der Waals surface area contributed by atoms with Crippen molar-refractivity contribution in [1.29, 1.82) is 0 Å². The molecule has 0 fully saturated rings. The standard InChI is InChI=1S/C14H17BrN2/c1-4-14-10(2)16-17(11(14)3)13-7-5-12(9-15)6-8-13/h5-8H,4,9H2,1-3H3. The minimum atomic E-state index is 0.893. The summed E-state index contributed by atoms with van der Waals surface area (Å²) >= 11 is 3.46. The fourth-order valence-electron chi connectivity index (χ4n) is 2.16. The summed E-state index contributed by atoms with van der Waals surface area (Å²) < 4.78 is 2.03. The maximum atomic E-state index is 4.61. The van der Waals surface area contributed by atoms with Gasteiger partial charge in [-0.1, -0.05) is 35.0 Å². The van der Waals surface area contributed by atoms with Gasteiger partial charge in [0.2, 0.25) is 0 Å². The van der Waals surface area contributed by atoms with E-state index in [0.29, 0.717) is 0 Å². The number of aromatic nitrogens is 2. The van der Waals surface area contributed by atoms with Crippen LogP contribution in [0.1, 0.15) is 29.4 Å². The van der Waals surface area contributed by atoms with Crippen LogP contribution >= 0.6 is 15.9 Å². The summed E-state index contributed by atoms with van der Waals surface area (Å²) in [6, 6.07) is 8.50. The third-order valence-corrected chi connectivity index (χ3v) is 3.78. The van der Waals surface area contributed by atoms with Gasteiger partial charge in [-0.05, 0) is 43.5 Å². The van der Waals surface area contributed by atoms with Crippen molar-refractivity contribution in [3.8, 4) is 5.69 Å². The van der Waals surface area contributed by atoms with Crippen molar-refractivity contribution in [3.05, 3.63) is 46.8 Å². The molecule has 0 amide bonds. The molecule has 0 aliphatic rings. The molecule has 0 saturated carbocycles. The normalized spacial score (nSPS) is 10.8. The number of halogens is 1. The van der Waals surface area contributed by atoms with E-state index in [9.17, 15) is 0 Å². The predicted molar refractivity (Wildman–Crippen MR) is 75.0 cm³/mol. The molecule has 2 nitrogen and oxygen atoms in total. The third kappa shape index (κ3) is 2.29. The lowest BCUT2D eigenvalue weighted by Crippen LogP contribution is -1.99. The molecular formula is C14H17BrN2. The molecule has 0 aliphatic heterocycles. The molecule has 0 saturated heterocycles. The van der Waals surface area contributed by atoms with Crippen LogP contribution in [0.25, 0.3) is 5.69 Å². The number of hydrogen-bond donors (Lipinski definition) is 0. The second kappa shape index (κ2) is 5.05. The molecule has 17 heavy (non-hydrogen) atoms. The van der Waals surface area contributed by atoms with Crippen LogP contribution in [0, 0.1) is 13.8 Å². The van der Waals surface area contributed by atoms with E-state index in [1.165, 1.54) is 16.8 Å². The Labute approximate surface area is 111 Å². The zero-order chi connectivity index (χ0) is 12.4. The summed E-state index contributed by atoms with van der Waals surface area (Å²) in [6.07, 6.45) is 1.04. The lowest BCUT2D eigenvalue weighted by atomic mass is 10.1. The molecule has 0 aliphatic carbocycles. The molecule has 0 unspecified atom stereocenters. The van der Waals surface area contributed by atoms with Crippen LogP contribution in [0.3, 0.4) is 0 Å². The van der Waals surface area contributed by atoms with Crippen molar-refractivity contribution in [2.75, 3.05) is 0 Å². The molecule has 1 aromatic heterocycles.